The summed E-state index contributed by atoms with van der Waals surface area (Å²) in [5.41, 5.74) is 11.2. The third-order valence-corrected chi connectivity index (χ3v) is 5.69. The lowest BCUT2D eigenvalue weighted by molar-refractivity contribution is 0.965. The van der Waals surface area contributed by atoms with Gasteiger partial charge in [-0.05, 0) is 63.8 Å². The van der Waals surface area contributed by atoms with Gasteiger partial charge in [0.1, 0.15) is 0 Å². The highest BCUT2D eigenvalue weighted by Gasteiger charge is 2.14. The molecule has 0 aliphatic heterocycles. The zero-order valence-corrected chi connectivity index (χ0v) is 15.4. The van der Waals surface area contributed by atoms with Crippen LogP contribution in [-0.4, -0.2) is 0 Å². The fourth-order valence-corrected chi connectivity index (χ4v) is 4.25. The van der Waals surface area contributed by atoms with E-state index >= 15 is 0 Å². The standard InChI is InChI=1S/C27H22/c1-2-9-21(10-3-1)26-12-6-7-13-27(26)25-17-16-23-18-22-11-5-4-8-20(22)14-15-24(23)19-25/h1-13,16-17,19H,14-15,18H2. The van der Waals surface area contributed by atoms with Crippen molar-refractivity contribution < 1.29 is 0 Å². The van der Waals surface area contributed by atoms with Gasteiger partial charge in [-0.15, -0.1) is 0 Å². The van der Waals surface area contributed by atoms with E-state index in [9.17, 15) is 0 Å². The van der Waals surface area contributed by atoms with E-state index in [1.165, 1.54) is 44.5 Å². The first-order chi connectivity index (χ1) is 13.4. The summed E-state index contributed by atoms with van der Waals surface area (Å²) in [6.07, 6.45) is 3.30. The summed E-state index contributed by atoms with van der Waals surface area (Å²) >= 11 is 0. The van der Waals surface area contributed by atoms with Crippen LogP contribution >= 0.6 is 0 Å². The second-order valence-electron chi connectivity index (χ2n) is 7.34. The molecule has 0 saturated carbocycles. The van der Waals surface area contributed by atoms with Crippen LogP contribution in [0.3, 0.4) is 0 Å². The van der Waals surface area contributed by atoms with Gasteiger partial charge in [-0.1, -0.05) is 97.1 Å². The predicted octanol–water partition coefficient (Wildman–Crippen LogP) is 6.71. The summed E-state index contributed by atoms with van der Waals surface area (Å²) in [7, 11) is 0. The number of hydrogen-bond acceptors (Lipinski definition) is 0. The number of fused-ring (bicyclic) bond motifs is 2. The van der Waals surface area contributed by atoms with Gasteiger partial charge in [0.25, 0.3) is 0 Å². The lowest BCUT2D eigenvalue weighted by atomic mass is 9.91. The molecule has 0 saturated heterocycles. The van der Waals surface area contributed by atoms with Crippen LogP contribution in [0.25, 0.3) is 22.3 Å². The SMILES string of the molecule is c1ccc(-c2ccccc2-c2ccc3c(c2)CCc2ccccc2C3)cc1. The van der Waals surface area contributed by atoms with E-state index < -0.39 is 0 Å². The van der Waals surface area contributed by atoms with Gasteiger partial charge in [0.2, 0.25) is 0 Å². The van der Waals surface area contributed by atoms with Crippen LogP contribution in [0, 0.1) is 0 Å². The smallest absolute Gasteiger partial charge is 0.00203 e. The van der Waals surface area contributed by atoms with Crippen LogP contribution in [0.15, 0.2) is 97.1 Å². The van der Waals surface area contributed by atoms with E-state index in [1.54, 1.807) is 0 Å². The van der Waals surface area contributed by atoms with Gasteiger partial charge in [-0.2, -0.15) is 0 Å². The molecule has 0 nitrogen and oxygen atoms in total. The first-order valence-corrected chi connectivity index (χ1v) is 9.72. The van der Waals surface area contributed by atoms with Crippen LogP contribution in [0.1, 0.15) is 22.3 Å². The van der Waals surface area contributed by atoms with Crippen molar-refractivity contribution in [1.82, 2.24) is 0 Å². The summed E-state index contributed by atoms with van der Waals surface area (Å²) in [5.74, 6) is 0. The molecule has 0 aromatic heterocycles. The minimum absolute atomic E-state index is 1.05. The number of hydrogen-bond donors (Lipinski definition) is 0. The van der Waals surface area contributed by atoms with E-state index in [0.29, 0.717) is 0 Å². The molecule has 5 rings (SSSR count). The van der Waals surface area contributed by atoms with Crippen molar-refractivity contribution in [1.29, 1.82) is 0 Å². The summed E-state index contributed by atoms with van der Waals surface area (Å²) < 4.78 is 0. The minimum Gasteiger partial charge on any atom is -0.0622 e. The van der Waals surface area contributed by atoms with Gasteiger partial charge in [0, 0.05) is 0 Å². The Labute approximate surface area is 161 Å². The molecule has 0 spiro atoms. The van der Waals surface area contributed by atoms with Crippen molar-refractivity contribution >= 4 is 0 Å². The van der Waals surface area contributed by atoms with Crippen LogP contribution in [0.5, 0.6) is 0 Å². The molecule has 0 amide bonds. The van der Waals surface area contributed by atoms with E-state index in [1.807, 2.05) is 0 Å². The summed E-state index contributed by atoms with van der Waals surface area (Å²) in [6.45, 7) is 0. The van der Waals surface area contributed by atoms with Gasteiger partial charge < -0.3 is 0 Å². The molecule has 1 aliphatic carbocycles. The van der Waals surface area contributed by atoms with E-state index in [-0.39, 0.29) is 0 Å². The molecule has 0 unspecified atom stereocenters. The minimum atomic E-state index is 1.05. The largest absolute Gasteiger partial charge is 0.0622 e. The van der Waals surface area contributed by atoms with Crippen molar-refractivity contribution in [3.63, 3.8) is 0 Å². The van der Waals surface area contributed by atoms with Gasteiger partial charge >= 0.3 is 0 Å². The Kier molecular flexibility index (Phi) is 4.10. The highest BCUT2D eigenvalue weighted by molar-refractivity contribution is 5.83. The summed E-state index contributed by atoms with van der Waals surface area (Å²) in [4.78, 5) is 0. The second kappa shape index (κ2) is 6.89. The molecule has 0 heteroatoms. The molecule has 0 N–H and O–H groups in total. The second-order valence-corrected chi connectivity index (χ2v) is 7.34. The molecule has 0 atom stereocenters. The number of aryl methyl sites for hydroxylation is 2. The molecule has 0 fully saturated rings. The first-order valence-electron chi connectivity index (χ1n) is 9.72. The lowest BCUT2D eigenvalue weighted by Gasteiger charge is -2.13. The van der Waals surface area contributed by atoms with Crippen molar-refractivity contribution in [2.75, 3.05) is 0 Å². The molecule has 0 radical (unpaired) electrons. The highest BCUT2D eigenvalue weighted by atomic mass is 14.2. The van der Waals surface area contributed by atoms with Crippen molar-refractivity contribution in [3.05, 3.63) is 119 Å². The molecule has 0 heterocycles. The summed E-state index contributed by atoms with van der Waals surface area (Å²) in [5, 5.41) is 0. The molecule has 27 heavy (non-hydrogen) atoms. The number of rotatable bonds is 2. The van der Waals surface area contributed by atoms with E-state index in [2.05, 4.69) is 97.1 Å². The molecule has 4 aromatic carbocycles. The van der Waals surface area contributed by atoms with Gasteiger partial charge in [-0.25, -0.2) is 0 Å². The highest BCUT2D eigenvalue weighted by Crippen LogP contribution is 2.34. The Morgan fingerprint density at radius 2 is 1.00 bits per heavy atom. The first kappa shape index (κ1) is 16.1. The van der Waals surface area contributed by atoms with Gasteiger partial charge in [0.05, 0.1) is 0 Å². The predicted molar refractivity (Wildman–Crippen MR) is 114 cm³/mol. The molecule has 4 aromatic rings. The van der Waals surface area contributed by atoms with Gasteiger partial charge in [0.15, 0.2) is 0 Å². The normalized spacial score (nSPS) is 12.7. The molecular formula is C27H22. The Balaban J connectivity index is 1.58. The monoisotopic (exact) mass is 346 g/mol. The quantitative estimate of drug-likeness (QED) is 0.378. The summed E-state index contributed by atoms with van der Waals surface area (Å²) in [6, 6.07) is 35.4. The van der Waals surface area contributed by atoms with Gasteiger partial charge in [-0.3, -0.25) is 0 Å². The van der Waals surface area contributed by atoms with Crippen molar-refractivity contribution in [2.45, 2.75) is 19.3 Å². The molecule has 130 valence electrons. The molecule has 1 aliphatic rings. The molecular weight excluding hydrogens is 324 g/mol. The Hall–Kier alpha value is -3.12. The zero-order chi connectivity index (χ0) is 18.1. The van der Waals surface area contributed by atoms with E-state index in [0.717, 1.165) is 19.3 Å². The van der Waals surface area contributed by atoms with Crippen LogP contribution in [0.2, 0.25) is 0 Å². The van der Waals surface area contributed by atoms with Crippen LogP contribution in [0.4, 0.5) is 0 Å². The maximum atomic E-state index is 2.42. The lowest BCUT2D eigenvalue weighted by Crippen LogP contribution is -1.94. The average Bonchev–Trinajstić information content (AvgIpc) is 2.93. The number of benzene rings is 4. The van der Waals surface area contributed by atoms with Crippen molar-refractivity contribution in [2.24, 2.45) is 0 Å². The third-order valence-electron chi connectivity index (χ3n) is 5.69. The fraction of sp³-hybridized carbons (Fsp3) is 0.111. The average molecular weight is 346 g/mol. The van der Waals surface area contributed by atoms with Crippen LogP contribution in [-0.2, 0) is 19.3 Å². The van der Waals surface area contributed by atoms with Crippen molar-refractivity contribution in [3.8, 4) is 22.3 Å². The Morgan fingerprint density at radius 1 is 0.407 bits per heavy atom. The fourth-order valence-electron chi connectivity index (χ4n) is 4.25. The zero-order valence-electron chi connectivity index (χ0n) is 15.4. The van der Waals surface area contributed by atoms with E-state index in [4.69, 9.17) is 0 Å². The Morgan fingerprint density at radius 3 is 1.81 bits per heavy atom. The Bertz CT molecular complexity index is 1090. The molecule has 0 bridgehead atoms. The topological polar surface area (TPSA) is 0 Å². The maximum Gasteiger partial charge on any atom is -0.00203 e. The third kappa shape index (κ3) is 3.08. The maximum absolute atomic E-state index is 2.42. The van der Waals surface area contributed by atoms with Crippen LogP contribution < -0.4 is 0 Å².